The van der Waals surface area contributed by atoms with E-state index in [2.05, 4.69) is 13.8 Å². The topological polar surface area (TPSA) is 44.8 Å². The van der Waals surface area contributed by atoms with Crippen LogP contribution in [-0.4, -0.2) is 30.1 Å². The molecule has 4 saturated carbocycles. The van der Waals surface area contributed by atoms with E-state index in [0.717, 1.165) is 58.0 Å². The number of rotatable bonds is 9. The summed E-state index contributed by atoms with van der Waals surface area (Å²) in [5.41, 5.74) is -0.878. The quantitative estimate of drug-likeness (QED) is 0.318. The van der Waals surface area contributed by atoms with Gasteiger partial charge >= 0.3 is 5.97 Å². The molecular formula is C22H38O4. The molecule has 0 saturated heterocycles. The van der Waals surface area contributed by atoms with Crippen LogP contribution in [0.15, 0.2) is 0 Å². The molecule has 0 heterocycles. The van der Waals surface area contributed by atoms with Gasteiger partial charge in [0.2, 0.25) is 0 Å². The van der Waals surface area contributed by atoms with E-state index in [-0.39, 0.29) is 23.5 Å². The minimum Gasteiger partial charge on any atom is -0.459 e. The summed E-state index contributed by atoms with van der Waals surface area (Å²) < 4.78 is 18.6. The largest absolute Gasteiger partial charge is 0.459 e. The second-order valence-electron chi connectivity index (χ2n) is 9.86. The summed E-state index contributed by atoms with van der Waals surface area (Å²) >= 11 is 0. The summed E-state index contributed by atoms with van der Waals surface area (Å²) in [5, 5.41) is 0. The summed E-state index contributed by atoms with van der Waals surface area (Å²) in [7, 11) is 0. The van der Waals surface area contributed by atoms with Gasteiger partial charge in [-0.1, -0.05) is 20.3 Å². The third-order valence-corrected chi connectivity index (χ3v) is 6.97. The molecule has 26 heavy (non-hydrogen) atoms. The second kappa shape index (κ2) is 7.43. The van der Waals surface area contributed by atoms with E-state index in [1.165, 1.54) is 6.42 Å². The number of carbonyl (C=O) groups excluding carboxylic acids is 1. The molecule has 4 nitrogen and oxygen atoms in total. The van der Waals surface area contributed by atoms with Crippen LogP contribution in [0.25, 0.3) is 0 Å². The van der Waals surface area contributed by atoms with Crippen LogP contribution in [0.1, 0.15) is 92.4 Å². The minimum atomic E-state index is -0.409. The Morgan fingerprint density at radius 3 is 2.31 bits per heavy atom. The maximum Gasteiger partial charge on any atom is 0.312 e. The standard InChI is InChI=1S/C22H38O4/c1-6-8-9-24-16(3)25-21-11-17-10-18(12-21)14-22(13-17,15-21)26-19(23)20(4,5)7-2/h16-18H,6-15H2,1-5H3. The smallest absolute Gasteiger partial charge is 0.312 e. The van der Waals surface area contributed by atoms with E-state index in [1.54, 1.807) is 0 Å². The molecule has 3 atom stereocenters. The molecule has 0 aromatic heterocycles. The number of ether oxygens (including phenoxy) is 3. The van der Waals surface area contributed by atoms with Crippen molar-refractivity contribution in [1.82, 2.24) is 0 Å². The lowest BCUT2D eigenvalue weighted by molar-refractivity contribution is -0.280. The summed E-state index contributed by atoms with van der Waals surface area (Å²) in [6.45, 7) is 11.0. The van der Waals surface area contributed by atoms with Crippen LogP contribution in [-0.2, 0) is 19.0 Å². The molecule has 4 aliphatic carbocycles. The van der Waals surface area contributed by atoms with Crippen molar-refractivity contribution in [2.45, 2.75) is 110 Å². The molecule has 0 spiro atoms. The van der Waals surface area contributed by atoms with Crippen molar-refractivity contribution < 1.29 is 19.0 Å². The van der Waals surface area contributed by atoms with Crippen molar-refractivity contribution >= 4 is 5.97 Å². The van der Waals surface area contributed by atoms with Crippen LogP contribution in [0.5, 0.6) is 0 Å². The van der Waals surface area contributed by atoms with E-state index in [1.807, 2.05) is 20.8 Å². The fraction of sp³-hybridized carbons (Fsp3) is 0.955. The average Bonchev–Trinajstić information content (AvgIpc) is 2.52. The van der Waals surface area contributed by atoms with Crippen molar-refractivity contribution in [2.24, 2.45) is 17.3 Å². The van der Waals surface area contributed by atoms with Crippen LogP contribution in [0, 0.1) is 17.3 Å². The van der Waals surface area contributed by atoms with Gasteiger partial charge in [-0.2, -0.15) is 0 Å². The molecule has 0 aromatic rings. The maximum absolute atomic E-state index is 12.8. The molecule has 0 N–H and O–H groups in total. The molecule has 0 amide bonds. The third kappa shape index (κ3) is 4.11. The molecule has 4 aliphatic rings. The molecule has 4 heteroatoms. The van der Waals surface area contributed by atoms with Gasteiger partial charge in [-0.15, -0.1) is 0 Å². The third-order valence-electron chi connectivity index (χ3n) is 6.97. The second-order valence-corrected chi connectivity index (χ2v) is 9.86. The molecule has 4 fully saturated rings. The van der Waals surface area contributed by atoms with Gasteiger partial charge in [0.1, 0.15) is 5.60 Å². The predicted molar refractivity (Wildman–Crippen MR) is 102 cm³/mol. The van der Waals surface area contributed by atoms with Gasteiger partial charge in [-0.05, 0) is 77.6 Å². The Morgan fingerprint density at radius 1 is 1.12 bits per heavy atom. The molecule has 4 bridgehead atoms. The maximum atomic E-state index is 12.8. The van der Waals surface area contributed by atoms with E-state index in [0.29, 0.717) is 11.8 Å². The van der Waals surface area contributed by atoms with Gasteiger partial charge in [0.05, 0.1) is 11.0 Å². The van der Waals surface area contributed by atoms with Crippen molar-refractivity contribution in [3.63, 3.8) is 0 Å². The highest BCUT2D eigenvalue weighted by molar-refractivity contribution is 5.76. The Bertz CT molecular complexity index is 498. The zero-order valence-electron chi connectivity index (χ0n) is 17.4. The van der Waals surface area contributed by atoms with Gasteiger partial charge < -0.3 is 14.2 Å². The first-order valence-corrected chi connectivity index (χ1v) is 10.7. The number of hydrogen-bond donors (Lipinski definition) is 0. The van der Waals surface area contributed by atoms with E-state index in [9.17, 15) is 4.79 Å². The molecular weight excluding hydrogens is 328 g/mol. The summed E-state index contributed by atoms with van der Waals surface area (Å²) in [6.07, 6.45) is 9.18. The molecule has 0 aromatic carbocycles. The fourth-order valence-electron chi connectivity index (χ4n) is 5.61. The first-order valence-electron chi connectivity index (χ1n) is 10.7. The summed E-state index contributed by atoms with van der Waals surface area (Å²) in [5.74, 6) is 1.21. The zero-order chi connectivity index (χ0) is 19.0. The lowest BCUT2D eigenvalue weighted by Crippen LogP contribution is -2.62. The number of carbonyl (C=O) groups is 1. The van der Waals surface area contributed by atoms with Crippen molar-refractivity contribution in [2.75, 3.05) is 6.61 Å². The highest BCUT2D eigenvalue weighted by atomic mass is 16.7. The van der Waals surface area contributed by atoms with Gasteiger partial charge in [0.15, 0.2) is 6.29 Å². The minimum absolute atomic E-state index is 0.0376. The van der Waals surface area contributed by atoms with Crippen LogP contribution in [0.4, 0.5) is 0 Å². The van der Waals surface area contributed by atoms with Crippen molar-refractivity contribution in [3.8, 4) is 0 Å². The van der Waals surface area contributed by atoms with Gasteiger partial charge in [-0.3, -0.25) is 4.79 Å². The van der Waals surface area contributed by atoms with E-state index < -0.39 is 5.41 Å². The monoisotopic (exact) mass is 366 g/mol. The van der Waals surface area contributed by atoms with Crippen LogP contribution >= 0.6 is 0 Å². The van der Waals surface area contributed by atoms with Crippen molar-refractivity contribution in [1.29, 1.82) is 0 Å². The Morgan fingerprint density at radius 2 is 1.73 bits per heavy atom. The normalized spacial score (nSPS) is 37.0. The van der Waals surface area contributed by atoms with Crippen LogP contribution in [0.3, 0.4) is 0 Å². The number of esters is 1. The summed E-state index contributed by atoms with van der Waals surface area (Å²) in [4.78, 5) is 12.8. The average molecular weight is 367 g/mol. The molecule has 0 radical (unpaired) electrons. The van der Waals surface area contributed by atoms with Crippen LogP contribution in [0.2, 0.25) is 0 Å². The molecule has 4 rings (SSSR count). The molecule has 3 unspecified atom stereocenters. The Hall–Kier alpha value is -0.610. The van der Waals surface area contributed by atoms with E-state index in [4.69, 9.17) is 14.2 Å². The van der Waals surface area contributed by atoms with Crippen molar-refractivity contribution in [3.05, 3.63) is 0 Å². The number of hydrogen-bond acceptors (Lipinski definition) is 4. The SMILES string of the molecule is CCCCOC(C)OC12CC3CC(CC(OC(=O)C(C)(C)CC)(C3)C1)C2. The first-order chi connectivity index (χ1) is 12.2. The predicted octanol–water partition coefficient (Wildman–Crippen LogP) is 5.24. The molecule has 0 aliphatic heterocycles. The van der Waals surface area contributed by atoms with Gasteiger partial charge in [0.25, 0.3) is 0 Å². The first kappa shape index (κ1) is 20.1. The lowest BCUT2D eigenvalue weighted by atomic mass is 9.52. The highest BCUT2D eigenvalue weighted by Crippen LogP contribution is 2.60. The Labute approximate surface area is 159 Å². The zero-order valence-corrected chi connectivity index (χ0v) is 17.4. The lowest BCUT2D eigenvalue weighted by Gasteiger charge is -2.61. The van der Waals surface area contributed by atoms with Gasteiger partial charge in [0, 0.05) is 13.0 Å². The van der Waals surface area contributed by atoms with Crippen LogP contribution < -0.4 is 0 Å². The fourth-order valence-corrected chi connectivity index (χ4v) is 5.61. The summed E-state index contributed by atoms with van der Waals surface area (Å²) in [6, 6.07) is 0. The van der Waals surface area contributed by atoms with Gasteiger partial charge in [-0.25, -0.2) is 0 Å². The highest BCUT2D eigenvalue weighted by Gasteiger charge is 2.61. The van der Waals surface area contributed by atoms with E-state index >= 15 is 0 Å². The Balaban J connectivity index is 1.69. The molecule has 150 valence electrons. The number of unbranched alkanes of at least 4 members (excludes halogenated alkanes) is 1. The Kier molecular flexibility index (Phi) is 5.75.